The lowest BCUT2D eigenvalue weighted by Crippen LogP contribution is -2.44. The Morgan fingerprint density at radius 1 is 0.875 bits per heavy atom. The summed E-state index contributed by atoms with van der Waals surface area (Å²) in [4.78, 5) is 2.78. The molecule has 0 aromatic heterocycles. The van der Waals surface area contributed by atoms with Crippen LogP contribution in [0.1, 0.15) is 62.8 Å². The van der Waals surface area contributed by atoms with Crippen LogP contribution in [0.15, 0.2) is 30.3 Å². The Morgan fingerprint density at radius 2 is 1.54 bits per heavy atom. The van der Waals surface area contributed by atoms with Crippen LogP contribution < -0.4 is 5.32 Å². The van der Waals surface area contributed by atoms with Gasteiger partial charge in [-0.15, -0.1) is 0 Å². The lowest BCUT2D eigenvalue weighted by molar-refractivity contribution is 0.0520. The van der Waals surface area contributed by atoms with Crippen LogP contribution in [0, 0.1) is 11.3 Å². The molecule has 1 N–H and O–H groups in total. The number of benzene rings is 1. The number of piperidine rings is 2. The number of hydrogen-bond donors (Lipinski definition) is 1. The molecule has 3 aliphatic rings. The van der Waals surface area contributed by atoms with Crippen LogP contribution in [0.4, 0.5) is 0 Å². The number of nitrogens with zero attached hydrogens (tertiary/aromatic N) is 1. The second-order valence-electron chi connectivity index (χ2n) is 8.68. The van der Waals surface area contributed by atoms with E-state index in [2.05, 4.69) is 40.5 Å². The molecule has 2 saturated heterocycles. The molecule has 2 nitrogen and oxygen atoms in total. The van der Waals surface area contributed by atoms with Gasteiger partial charge in [-0.05, 0) is 100 Å². The third-order valence-corrected chi connectivity index (χ3v) is 7.21. The molecule has 1 aromatic rings. The average Bonchev–Trinajstić information content (AvgIpc) is 2.66. The Labute approximate surface area is 148 Å². The summed E-state index contributed by atoms with van der Waals surface area (Å²) in [5, 5.41) is 3.50. The molecule has 2 aliphatic heterocycles. The molecule has 0 amide bonds. The summed E-state index contributed by atoms with van der Waals surface area (Å²) in [5.41, 5.74) is 2.27. The fourth-order valence-electron chi connectivity index (χ4n) is 5.43. The molecule has 4 rings (SSSR count). The zero-order valence-electron chi connectivity index (χ0n) is 15.2. The van der Waals surface area contributed by atoms with Crippen molar-refractivity contribution < 1.29 is 0 Å². The highest BCUT2D eigenvalue weighted by Gasteiger charge is 2.38. The average molecular weight is 327 g/mol. The van der Waals surface area contributed by atoms with E-state index >= 15 is 0 Å². The first-order chi connectivity index (χ1) is 11.8. The van der Waals surface area contributed by atoms with E-state index < -0.39 is 0 Å². The maximum Gasteiger partial charge on any atom is 0.00106 e. The molecular formula is C22H34N2. The maximum absolute atomic E-state index is 3.50. The van der Waals surface area contributed by atoms with Crippen molar-refractivity contribution in [1.82, 2.24) is 10.2 Å². The predicted molar refractivity (Wildman–Crippen MR) is 101 cm³/mol. The highest BCUT2D eigenvalue weighted by molar-refractivity contribution is 5.20. The van der Waals surface area contributed by atoms with Gasteiger partial charge in [-0.25, -0.2) is 0 Å². The first-order valence-electron chi connectivity index (χ1n) is 10.3. The van der Waals surface area contributed by atoms with Crippen LogP contribution in [0.5, 0.6) is 0 Å². The third-order valence-electron chi connectivity index (χ3n) is 7.21. The molecule has 1 spiro atoms. The Balaban J connectivity index is 1.25. The number of hydrogen-bond acceptors (Lipinski definition) is 2. The summed E-state index contributed by atoms with van der Waals surface area (Å²) in [5.74, 6) is 1.78. The van der Waals surface area contributed by atoms with Crippen molar-refractivity contribution in [3.63, 3.8) is 0 Å². The number of rotatable bonds is 3. The van der Waals surface area contributed by atoms with E-state index in [9.17, 15) is 0 Å². The van der Waals surface area contributed by atoms with Gasteiger partial charge >= 0.3 is 0 Å². The predicted octanol–water partition coefficient (Wildman–Crippen LogP) is 4.43. The summed E-state index contributed by atoms with van der Waals surface area (Å²) in [6.45, 7) is 6.57. The van der Waals surface area contributed by atoms with E-state index in [0.29, 0.717) is 5.41 Å². The first-order valence-corrected chi connectivity index (χ1v) is 10.3. The molecule has 1 aromatic carbocycles. The Morgan fingerprint density at radius 3 is 2.21 bits per heavy atom. The summed E-state index contributed by atoms with van der Waals surface area (Å²) < 4.78 is 0. The molecule has 24 heavy (non-hydrogen) atoms. The van der Waals surface area contributed by atoms with Gasteiger partial charge in [-0.3, -0.25) is 0 Å². The summed E-state index contributed by atoms with van der Waals surface area (Å²) in [6, 6.07) is 11.2. The minimum Gasteiger partial charge on any atom is -0.317 e. The zero-order valence-corrected chi connectivity index (χ0v) is 15.2. The van der Waals surface area contributed by atoms with Gasteiger partial charge in [-0.1, -0.05) is 30.3 Å². The molecule has 0 unspecified atom stereocenters. The molecule has 2 heterocycles. The van der Waals surface area contributed by atoms with E-state index in [0.717, 1.165) is 11.8 Å². The van der Waals surface area contributed by atoms with E-state index in [1.807, 2.05) is 0 Å². The van der Waals surface area contributed by atoms with Gasteiger partial charge in [0.15, 0.2) is 0 Å². The standard InChI is InChI=1S/C22H34N2/c1-2-4-20(5-3-1)21-6-10-22(11-7-21)12-16-24(17-13-22)18-19-8-14-23-15-9-19/h1-5,19,21,23H,6-18H2. The SMILES string of the molecule is c1ccc(C2CCC3(CC2)CCN(CC2CCNCC2)CC3)cc1. The van der Waals surface area contributed by atoms with E-state index in [-0.39, 0.29) is 0 Å². The first kappa shape index (κ1) is 16.6. The minimum atomic E-state index is 0.690. The fourth-order valence-corrected chi connectivity index (χ4v) is 5.43. The van der Waals surface area contributed by atoms with Gasteiger partial charge in [0.2, 0.25) is 0 Å². The van der Waals surface area contributed by atoms with Crippen molar-refractivity contribution in [2.24, 2.45) is 11.3 Å². The molecule has 3 fully saturated rings. The van der Waals surface area contributed by atoms with Crippen molar-refractivity contribution in [1.29, 1.82) is 0 Å². The second-order valence-corrected chi connectivity index (χ2v) is 8.68. The lowest BCUT2D eigenvalue weighted by Gasteiger charge is -2.47. The Bertz CT molecular complexity index is 488. The summed E-state index contributed by atoms with van der Waals surface area (Å²) in [6.07, 6.45) is 11.5. The van der Waals surface area contributed by atoms with Crippen LogP contribution in [0.2, 0.25) is 0 Å². The number of nitrogens with one attached hydrogen (secondary N) is 1. The van der Waals surface area contributed by atoms with Crippen molar-refractivity contribution in [3.05, 3.63) is 35.9 Å². The Hall–Kier alpha value is -0.860. The summed E-state index contributed by atoms with van der Waals surface area (Å²) in [7, 11) is 0. The van der Waals surface area contributed by atoms with Crippen LogP contribution in [0.3, 0.4) is 0 Å². The molecule has 1 saturated carbocycles. The van der Waals surface area contributed by atoms with Gasteiger partial charge < -0.3 is 10.2 Å². The topological polar surface area (TPSA) is 15.3 Å². The van der Waals surface area contributed by atoms with Gasteiger partial charge in [0, 0.05) is 6.54 Å². The Kier molecular flexibility index (Phi) is 5.24. The van der Waals surface area contributed by atoms with Crippen LogP contribution in [0.25, 0.3) is 0 Å². The van der Waals surface area contributed by atoms with E-state index in [1.54, 1.807) is 5.56 Å². The van der Waals surface area contributed by atoms with Crippen molar-refractivity contribution >= 4 is 0 Å². The molecule has 2 heteroatoms. The lowest BCUT2D eigenvalue weighted by atomic mass is 9.64. The minimum absolute atomic E-state index is 0.690. The molecule has 0 radical (unpaired) electrons. The summed E-state index contributed by atoms with van der Waals surface area (Å²) >= 11 is 0. The van der Waals surface area contributed by atoms with Gasteiger partial charge in [0.1, 0.15) is 0 Å². The van der Waals surface area contributed by atoms with Gasteiger partial charge in [-0.2, -0.15) is 0 Å². The van der Waals surface area contributed by atoms with Crippen LogP contribution >= 0.6 is 0 Å². The largest absolute Gasteiger partial charge is 0.317 e. The van der Waals surface area contributed by atoms with E-state index in [4.69, 9.17) is 0 Å². The molecule has 0 atom stereocenters. The van der Waals surface area contributed by atoms with Crippen molar-refractivity contribution in [3.8, 4) is 0 Å². The van der Waals surface area contributed by atoms with Crippen LogP contribution in [-0.4, -0.2) is 37.6 Å². The molecule has 132 valence electrons. The highest BCUT2D eigenvalue weighted by atomic mass is 15.1. The fraction of sp³-hybridized carbons (Fsp3) is 0.727. The zero-order chi connectivity index (χ0) is 16.2. The van der Waals surface area contributed by atoms with Gasteiger partial charge in [0.05, 0.1) is 0 Å². The quantitative estimate of drug-likeness (QED) is 0.884. The molecule has 1 aliphatic carbocycles. The monoisotopic (exact) mass is 326 g/mol. The van der Waals surface area contributed by atoms with Crippen molar-refractivity contribution in [2.45, 2.75) is 57.3 Å². The second kappa shape index (κ2) is 7.58. The molecule has 0 bridgehead atoms. The van der Waals surface area contributed by atoms with Crippen LogP contribution in [-0.2, 0) is 0 Å². The van der Waals surface area contributed by atoms with Gasteiger partial charge in [0.25, 0.3) is 0 Å². The molecular weight excluding hydrogens is 292 g/mol. The number of likely N-dealkylation sites (tertiary alicyclic amines) is 1. The highest BCUT2D eigenvalue weighted by Crippen LogP contribution is 2.48. The van der Waals surface area contributed by atoms with E-state index in [1.165, 1.54) is 84.1 Å². The van der Waals surface area contributed by atoms with Crippen molar-refractivity contribution in [2.75, 3.05) is 32.7 Å². The normalized spacial score (nSPS) is 26.7. The third kappa shape index (κ3) is 3.86. The maximum atomic E-state index is 3.50. The smallest absolute Gasteiger partial charge is 0.00106 e.